The second-order valence-electron chi connectivity index (χ2n) is 2.99. The van der Waals surface area contributed by atoms with Gasteiger partial charge in [-0.05, 0) is 17.7 Å². The fourth-order valence-corrected chi connectivity index (χ4v) is 1.95. The largest absolute Gasteiger partial charge is 0.356 e. The van der Waals surface area contributed by atoms with Crippen molar-refractivity contribution in [3.05, 3.63) is 36.4 Å². The van der Waals surface area contributed by atoms with E-state index in [0.29, 0.717) is 0 Å². The van der Waals surface area contributed by atoms with Crippen LogP contribution in [0.15, 0.2) is 35.7 Å². The summed E-state index contributed by atoms with van der Waals surface area (Å²) in [6.45, 7) is 3.21. The Hall–Kier alpha value is -0.980. The summed E-state index contributed by atoms with van der Waals surface area (Å²) in [6.07, 6.45) is 0. The molecule has 0 saturated heterocycles. The summed E-state index contributed by atoms with van der Waals surface area (Å²) < 4.78 is 40.9. The lowest BCUT2D eigenvalue weighted by molar-refractivity contribution is 0.388. The van der Waals surface area contributed by atoms with Gasteiger partial charge in [0.05, 0.1) is 10.2 Å². The third-order valence-corrected chi connectivity index (χ3v) is 3.67. The van der Waals surface area contributed by atoms with Gasteiger partial charge < -0.3 is 9.79 Å². The van der Waals surface area contributed by atoms with Crippen LogP contribution in [0.3, 0.4) is 0 Å². The average Bonchev–Trinajstić information content (AvgIpc) is 2.14. The van der Waals surface area contributed by atoms with E-state index in [2.05, 4.69) is 6.58 Å². The van der Waals surface area contributed by atoms with Crippen molar-refractivity contribution in [2.75, 3.05) is 0 Å². The highest BCUT2D eigenvalue weighted by Gasteiger charge is 2.20. The Bertz CT molecular complexity index is 553. The van der Waals surface area contributed by atoms with Crippen LogP contribution in [0.25, 0.3) is 5.31 Å². The fourth-order valence-electron chi connectivity index (χ4n) is 0.987. The fraction of sp³-hybridized carbons (Fsp3) is 0. The Kier molecular flexibility index (Phi) is 3.37. The average molecular weight is 264 g/mol. The van der Waals surface area contributed by atoms with Crippen molar-refractivity contribution in [3.63, 3.8) is 0 Å². The minimum Gasteiger partial charge on any atom is -0.321 e. The van der Waals surface area contributed by atoms with Crippen LogP contribution in [0.4, 0.5) is 0 Å². The minimum atomic E-state index is -4.44. The van der Waals surface area contributed by atoms with Crippen molar-refractivity contribution in [2.45, 2.75) is 4.90 Å². The van der Waals surface area contributed by atoms with Gasteiger partial charge in [0.15, 0.2) is 0 Å². The second kappa shape index (κ2) is 4.12. The molecule has 0 amide bonds. The molecule has 1 rings (SSSR count). The van der Waals surface area contributed by atoms with Crippen LogP contribution in [0.1, 0.15) is 5.56 Å². The predicted octanol–water partition coefficient (Wildman–Crippen LogP) is 1.08. The highest BCUT2D eigenvalue weighted by Crippen LogP contribution is 2.49. The molecule has 0 aromatic heterocycles. The molecule has 1 aromatic carbocycles. The van der Waals surface area contributed by atoms with Crippen LogP contribution in [-0.2, 0) is 14.7 Å². The van der Waals surface area contributed by atoms with Crippen molar-refractivity contribution in [1.82, 2.24) is 0 Å². The Morgan fingerprint density at radius 2 is 1.62 bits per heavy atom. The zero-order valence-electron chi connectivity index (χ0n) is 7.94. The summed E-state index contributed by atoms with van der Waals surface area (Å²) in [7, 11) is -8.75. The van der Waals surface area contributed by atoms with E-state index in [1.165, 1.54) is 0 Å². The number of rotatable bonds is 3. The van der Waals surface area contributed by atoms with E-state index < -0.39 is 23.0 Å². The molecule has 8 heteroatoms. The SMILES string of the molecule is C=C(c1ccc(S(=O)(=O)O)cc1)P(=O)(O)O. The second-order valence-corrected chi connectivity index (χ2v) is 6.04. The maximum atomic E-state index is 10.8. The molecule has 3 N–H and O–H groups in total. The molecule has 0 saturated carbocycles. The monoisotopic (exact) mass is 264 g/mol. The van der Waals surface area contributed by atoms with Gasteiger partial charge in [0, 0.05) is 0 Å². The van der Waals surface area contributed by atoms with E-state index in [-0.39, 0.29) is 10.5 Å². The van der Waals surface area contributed by atoms with Crippen LogP contribution in [0.5, 0.6) is 0 Å². The first-order valence-electron chi connectivity index (χ1n) is 3.95. The van der Waals surface area contributed by atoms with E-state index in [0.717, 1.165) is 24.3 Å². The van der Waals surface area contributed by atoms with Crippen LogP contribution in [-0.4, -0.2) is 22.8 Å². The van der Waals surface area contributed by atoms with Gasteiger partial charge in [0.1, 0.15) is 0 Å². The van der Waals surface area contributed by atoms with Gasteiger partial charge in [0.2, 0.25) is 0 Å². The molecule has 0 aliphatic rings. The highest BCUT2D eigenvalue weighted by molar-refractivity contribution is 7.85. The summed E-state index contributed by atoms with van der Waals surface area (Å²) in [5, 5.41) is -0.408. The third kappa shape index (κ3) is 3.01. The molecule has 0 heterocycles. The molecule has 0 spiro atoms. The topological polar surface area (TPSA) is 112 Å². The highest BCUT2D eigenvalue weighted by atomic mass is 32.2. The lowest BCUT2D eigenvalue weighted by Crippen LogP contribution is -1.97. The molecule has 0 atom stereocenters. The van der Waals surface area contributed by atoms with Crippen molar-refractivity contribution in [2.24, 2.45) is 0 Å². The molecule has 88 valence electrons. The van der Waals surface area contributed by atoms with Gasteiger partial charge in [0.25, 0.3) is 10.1 Å². The summed E-state index contributed by atoms with van der Waals surface area (Å²) in [5.41, 5.74) is 0.112. The van der Waals surface area contributed by atoms with E-state index in [1.54, 1.807) is 0 Å². The van der Waals surface area contributed by atoms with Crippen molar-refractivity contribution in [1.29, 1.82) is 0 Å². The molecule has 16 heavy (non-hydrogen) atoms. The van der Waals surface area contributed by atoms with E-state index >= 15 is 0 Å². The van der Waals surface area contributed by atoms with Gasteiger partial charge in [-0.1, -0.05) is 18.7 Å². The molecular formula is C8H9O6PS. The number of hydrogen-bond donors (Lipinski definition) is 3. The van der Waals surface area contributed by atoms with Crippen LogP contribution < -0.4 is 0 Å². The number of hydrogen-bond acceptors (Lipinski definition) is 3. The van der Waals surface area contributed by atoms with Gasteiger partial charge >= 0.3 is 7.60 Å². The summed E-state index contributed by atoms with van der Waals surface area (Å²) in [6, 6.07) is 4.38. The first-order valence-corrected chi connectivity index (χ1v) is 7.00. The quantitative estimate of drug-likeness (QED) is 0.556. The maximum Gasteiger partial charge on any atom is 0.356 e. The Balaban J connectivity index is 3.15. The Morgan fingerprint density at radius 1 is 1.19 bits per heavy atom. The summed E-state index contributed by atoms with van der Waals surface area (Å²) in [5.74, 6) is 0. The van der Waals surface area contributed by atoms with Gasteiger partial charge in [-0.25, -0.2) is 0 Å². The van der Waals surface area contributed by atoms with Gasteiger partial charge in [-0.2, -0.15) is 8.42 Å². The molecule has 0 unspecified atom stereocenters. The Labute approximate surface area is 92.2 Å². The minimum absolute atomic E-state index is 0.112. The van der Waals surface area contributed by atoms with Gasteiger partial charge in [-0.3, -0.25) is 9.12 Å². The van der Waals surface area contributed by atoms with E-state index in [1.807, 2.05) is 0 Å². The van der Waals surface area contributed by atoms with E-state index in [9.17, 15) is 13.0 Å². The summed E-state index contributed by atoms with van der Waals surface area (Å²) >= 11 is 0. The lowest BCUT2D eigenvalue weighted by atomic mass is 10.2. The van der Waals surface area contributed by atoms with E-state index in [4.69, 9.17) is 14.3 Å². The summed E-state index contributed by atoms with van der Waals surface area (Å²) in [4.78, 5) is 17.3. The molecular weight excluding hydrogens is 255 g/mol. The van der Waals surface area contributed by atoms with Gasteiger partial charge in [-0.15, -0.1) is 0 Å². The van der Waals surface area contributed by atoms with Crippen LogP contribution in [0, 0.1) is 0 Å². The van der Waals surface area contributed by atoms with Crippen LogP contribution in [0.2, 0.25) is 0 Å². The normalized spacial score (nSPS) is 12.4. The smallest absolute Gasteiger partial charge is 0.321 e. The number of benzene rings is 1. The molecule has 0 aliphatic carbocycles. The molecule has 0 radical (unpaired) electrons. The molecule has 1 aromatic rings. The molecule has 0 aliphatic heterocycles. The van der Waals surface area contributed by atoms with Crippen molar-refractivity contribution >= 4 is 23.0 Å². The predicted molar refractivity (Wildman–Crippen MR) is 57.3 cm³/mol. The van der Waals surface area contributed by atoms with Crippen molar-refractivity contribution < 1.29 is 27.3 Å². The maximum absolute atomic E-state index is 10.8. The zero-order chi connectivity index (χ0) is 12.6. The first-order chi connectivity index (χ1) is 7.12. The van der Waals surface area contributed by atoms with Crippen molar-refractivity contribution in [3.8, 4) is 0 Å². The third-order valence-electron chi connectivity index (χ3n) is 1.84. The van der Waals surface area contributed by atoms with Crippen LogP contribution >= 0.6 is 7.60 Å². The molecule has 6 nitrogen and oxygen atoms in total. The molecule has 0 fully saturated rings. The molecule has 0 bridgehead atoms. The zero-order valence-corrected chi connectivity index (χ0v) is 9.65. The first kappa shape index (κ1) is 13.1. The lowest BCUT2D eigenvalue weighted by Gasteiger charge is -2.07. The Morgan fingerprint density at radius 3 is 1.94 bits per heavy atom. The standard InChI is InChI=1S/C8H9O6PS/c1-6(15(9,10)11)7-2-4-8(5-3-7)16(12,13)14/h2-5H,1H2,(H2,9,10,11)(H,12,13,14).